The molecule has 1 aromatic carbocycles. The third-order valence-electron chi connectivity index (χ3n) is 4.97. The molecule has 1 aromatic rings. The number of halogens is 2. The molecule has 3 aliphatic heterocycles. The maximum absolute atomic E-state index is 13.4. The Hall–Kier alpha value is -1.96. The van der Waals surface area contributed by atoms with E-state index in [-0.39, 0.29) is 11.1 Å². The van der Waals surface area contributed by atoms with Crippen molar-refractivity contribution in [3.8, 4) is 0 Å². The van der Waals surface area contributed by atoms with Crippen molar-refractivity contribution in [2.24, 2.45) is 10.1 Å². The third-order valence-corrected chi connectivity index (χ3v) is 5.26. The first-order valence-electron chi connectivity index (χ1n) is 8.83. The van der Waals surface area contributed by atoms with E-state index in [1.165, 1.54) is 18.0 Å². The monoisotopic (exact) mass is 377 g/mol. The molecule has 0 aliphatic carbocycles. The van der Waals surface area contributed by atoms with E-state index < -0.39 is 5.82 Å². The van der Waals surface area contributed by atoms with Crippen LogP contribution in [-0.2, 0) is 0 Å². The summed E-state index contributed by atoms with van der Waals surface area (Å²) in [7, 11) is 0. The zero-order chi connectivity index (χ0) is 18.1. The number of rotatable bonds is 3. The fraction of sp³-hybridized carbons (Fsp3) is 0.444. The molecule has 138 valence electrons. The second kappa shape index (κ2) is 7.34. The van der Waals surface area contributed by atoms with Crippen molar-refractivity contribution in [2.45, 2.75) is 25.4 Å². The molecule has 0 aromatic heterocycles. The van der Waals surface area contributed by atoms with Crippen molar-refractivity contribution in [1.82, 2.24) is 9.91 Å². The van der Waals surface area contributed by atoms with Crippen molar-refractivity contribution >= 4 is 29.5 Å². The molecule has 3 aliphatic rings. The minimum Gasteiger partial charge on any atom is -0.393 e. The van der Waals surface area contributed by atoms with Crippen molar-refractivity contribution in [2.75, 3.05) is 31.5 Å². The van der Waals surface area contributed by atoms with E-state index in [1.807, 2.05) is 5.01 Å². The van der Waals surface area contributed by atoms with E-state index in [9.17, 15) is 9.50 Å². The molecular formula is C18H21ClFN5O. The van der Waals surface area contributed by atoms with Crippen molar-refractivity contribution in [3.05, 3.63) is 40.3 Å². The van der Waals surface area contributed by atoms with Crippen LogP contribution in [0, 0.1) is 5.82 Å². The SMILES string of the molecule is OC1CCN(CC2=C3C(Nc4ccc(F)c(Cl)c4)=NC=NN3CC2)CC1. The largest absolute Gasteiger partial charge is 0.393 e. The molecular weight excluding hydrogens is 357 g/mol. The zero-order valence-electron chi connectivity index (χ0n) is 14.3. The number of aliphatic imine (C=N–C) groups is 1. The fourth-order valence-electron chi connectivity index (χ4n) is 3.57. The number of nitrogens with one attached hydrogen (secondary N) is 1. The second-order valence-corrected chi connectivity index (χ2v) is 7.20. The summed E-state index contributed by atoms with van der Waals surface area (Å²) < 4.78 is 13.4. The Morgan fingerprint density at radius 3 is 2.85 bits per heavy atom. The molecule has 1 saturated heterocycles. The maximum atomic E-state index is 13.4. The van der Waals surface area contributed by atoms with E-state index in [0.29, 0.717) is 11.5 Å². The second-order valence-electron chi connectivity index (χ2n) is 6.80. The number of aliphatic hydroxyl groups excluding tert-OH is 1. The highest BCUT2D eigenvalue weighted by atomic mass is 35.5. The van der Waals surface area contributed by atoms with Crippen LogP contribution in [0.2, 0.25) is 5.02 Å². The lowest BCUT2D eigenvalue weighted by molar-refractivity contribution is 0.0866. The molecule has 0 unspecified atom stereocenters. The molecule has 0 saturated carbocycles. The molecule has 0 amide bonds. The fourth-order valence-corrected chi connectivity index (χ4v) is 3.75. The van der Waals surface area contributed by atoms with Gasteiger partial charge in [0.2, 0.25) is 0 Å². The van der Waals surface area contributed by atoms with Crippen LogP contribution in [0.5, 0.6) is 0 Å². The Kier molecular flexibility index (Phi) is 4.93. The number of hydrogen-bond donors (Lipinski definition) is 2. The van der Waals surface area contributed by atoms with E-state index in [2.05, 4.69) is 20.3 Å². The zero-order valence-corrected chi connectivity index (χ0v) is 15.1. The van der Waals surface area contributed by atoms with Gasteiger partial charge >= 0.3 is 0 Å². The number of anilines is 1. The molecule has 0 atom stereocenters. The third kappa shape index (κ3) is 3.60. The molecule has 2 N–H and O–H groups in total. The smallest absolute Gasteiger partial charge is 0.157 e. The first-order valence-corrected chi connectivity index (χ1v) is 9.20. The van der Waals surface area contributed by atoms with Gasteiger partial charge in [-0.15, -0.1) is 0 Å². The summed E-state index contributed by atoms with van der Waals surface area (Å²) in [5.41, 5.74) is 2.95. The topological polar surface area (TPSA) is 63.5 Å². The van der Waals surface area contributed by atoms with Crippen LogP contribution in [0.3, 0.4) is 0 Å². The molecule has 0 radical (unpaired) electrons. The van der Waals surface area contributed by atoms with Gasteiger partial charge in [-0.1, -0.05) is 11.6 Å². The number of aliphatic hydroxyl groups is 1. The molecule has 8 heteroatoms. The Bertz CT molecular complexity index is 786. The minimum atomic E-state index is -0.445. The molecule has 26 heavy (non-hydrogen) atoms. The summed E-state index contributed by atoms with van der Waals surface area (Å²) in [6.07, 6.45) is 3.91. The minimum absolute atomic E-state index is 0.0735. The molecule has 0 spiro atoms. The van der Waals surface area contributed by atoms with Gasteiger partial charge in [0.25, 0.3) is 0 Å². The van der Waals surface area contributed by atoms with Crippen LogP contribution in [-0.4, -0.2) is 59.5 Å². The summed E-state index contributed by atoms with van der Waals surface area (Å²) in [4.78, 5) is 6.76. The van der Waals surface area contributed by atoms with Crippen LogP contribution < -0.4 is 5.32 Å². The highest BCUT2D eigenvalue weighted by molar-refractivity contribution is 6.31. The number of amidine groups is 1. The number of likely N-dealkylation sites (tertiary alicyclic amines) is 1. The maximum Gasteiger partial charge on any atom is 0.157 e. The average Bonchev–Trinajstić information content (AvgIpc) is 3.04. The van der Waals surface area contributed by atoms with E-state index in [0.717, 1.165) is 51.1 Å². The van der Waals surface area contributed by atoms with Gasteiger partial charge in [-0.2, -0.15) is 5.10 Å². The normalized spacial score (nSPS) is 21.2. The molecule has 0 bridgehead atoms. The van der Waals surface area contributed by atoms with E-state index in [1.54, 1.807) is 12.1 Å². The Morgan fingerprint density at radius 2 is 2.08 bits per heavy atom. The van der Waals surface area contributed by atoms with Crippen LogP contribution >= 0.6 is 11.6 Å². The first kappa shape index (κ1) is 17.5. The van der Waals surface area contributed by atoms with Crippen molar-refractivity contribution in [1.29, 1.82) is 0 Å². The van der Waals surface area contributed by atoms with E-state index >= 15 is 0 Å². The van der Waals surface area contributed by atoms with Gasteiger partial charge in [0.05, 0.1) is 11.1 Å². The van der Waals surface area contributed by atoms with Gasteiger partial charge < -0.3 is 10.4 Å². The highest BCUT2D eigenvalue weighted by Crippen LogP contribution is 2.29. The first-order chi connectivity index (χ1) is 12.6. The van der Waals surface area contributed by atoms with Crippen LogP contribution in [0.4, 0.5) is 10.1 Å². The summed E-state index contributed by atoms with van der Waals surface area (Å²) in [6, 6.07) is 4.53. The standard InChI is InChI=1S/C18H21ClFN5O/c19-15-9-13(1-2-16(15)20)23-18-17-12(3-8-25(17)22-11-21-18)10-24-6-4-14(26)5-7-24/h1-2,9,11,14,26H,3-8,10H2,(H,21,22,23). The molecule has 4 rings (SSSR count). The average molecular weight is 378 g/mol. The predicted octanol–water partition coefficient (Wildman–Crippen LogP) is 2.66. The number of piperidine rings is 1. The molecule has 1 fully saturated rings. The quantitative estimate of drug-likeness (QED) is 0.850. The van der Waals surface area contributed by atoms with Crippen LogP contribution in [0.15, 0.2) is 39.6 Å². The lowest BCUT2D eigenvalue weighted by Crippen LogP contribution is -2.37. The number of nitrogens with zero attached hydrogens (tertiary/aromatic N) is 4. The Balaban J connectivity index is 1.54. The van der Waals surface area contributed by atoms with Gasteiger partial charge in [-0.25, -0.2) is 9.38 Å². The predicted molar refractivity (Wildman–Crippen MR) is 101 cm³/mol. The van der Waals surface area contributed by atoms with Gasteiger partial charge in [0, 0.05) is 31.9 Å². The van der Waals surface area contributed by atoms with Gasteiger partial charge in [-0.3, -0.25) is 9.91 Å². The van der Waals surface area contributed by atoms with Crippen LogP contribution in [0.1, 0.15) is 19.3 Å². The Labute approximate surface area is 156 Å². The van der Waals surface area contributed by atoms with Crippen molar-refractivity contribution < 1.29 is 9.50 Å². The number of fused-ring (bicyclic) bond motifs is 1. The van der Waals surface area contributed by atoms with Gasteiger partial charge in [-0.05, 0) is 43.0 Å². The van der Waals surface area contributed by atoms with E-state index in [4.69, 9.17) is 11.6 Å². The van der Waals surface area contributed by atoms with Crippen molar-refractivity contribution in [3.63, 3.8) is 0 Å². The molecule has 6 nitrogen and oxygen atoms in total. The number of benzene rings is 1. The van der Waals surface area contributed by atoms with Gasteiger partial charge in [0.15, 0.2) is 5.84 Å². The van der Waals surface area contributed by atoms with Crippen LogP contribution in [0.25, 0.3) is 0 Å². The summed E-state index contributed by atoms with van der Waals surface area (Å²) in [5.74, 6) is 0.256. The van der Waals surface area contributed by atoms with Gasteiger partial charge in [0.1, 0.15) is 17.9 Å². The summed E-state index contributed by atoms with van der Waals surface area (Å²) in [6.45, 7) is 3.46. The number of hydrazone groups is 1. The Morgan fingerprint density at radius 1 is 1.27 bits per heavy atom. The lowest BCUT2D eigenvalue weighted by Gasteiger charge is -2.30. The summed E-state index contributed by atoms with van der Waals surface area (Å²) >= 11 is 5.88. The highest BCUT2D eigenvalue weighted by Gasteiger charge is 2.30. The lowest BCUT2D eigenvalue weighted by atomic mass is 10.1. The number of hydrogen-bond acceptors (Lipinski definition) is 6. The summed E-state index contributed by atoms with van der Waals surface area (Å²) in [5, 5.41) is 19.3. The molecule has 3 heterocycles.